The summed E-state index contributed by atoms with van der Waals surface area (Å²) in [6.07, 6.45) is 5.30. The number of allylic oxidation sites excluding steroid dienone is 3. The number of hydrogen-bond acceptors (Lipinski definition) is 4. The van der Waals surface area contributed by atoms with Gasteiger partial charge in [0.2, 0.25) is 11.4 Å². The van der Waals surface area contributed by atoms with E-state index >= 15 is 0 Å². The third-order valence-electron chi connectivity index (χ3n) is 5.67. The topological polar surface area (TPSA) is 47.9 Å². The Morgan fingerprint density at radius 2 is 1.80 bits per heavy atom. The first kappa shape index (κ1) is 20.1. The maximum atomic E-state index is 13.3. The van der Waals surface area contributed by atoms with Crippen LogP contribution in [-0.4, -0.2) is 24.5 Å². The minimum atomic E-state index is -1.18. The summed E-state index contributed by atoms with van der Waals surface area (Å²) in [7, 11) is 1.42. The summed E-state index contributed by atoms with van der Waals surface area (Å²) in [4.78, 5) is 18.2. The zero-order valence-electron chi connectivity index (χ0n) is 17.7. The van der Waals surface area contributed by atoms with Crippen molar-refractivity contribution in [2.45, 2.75) is 38.3 Å². The normalized spacial score (nSPS) is 25.6. The predicted molar refractivity (Wildman–Crippen MR) is 118 cm³/mol. The number of benzene rings is 2. The van der Waals surface area contributed by atoms with Crippen LogP contribution in [0.2, 0.25) is 0 Å². The van der Waals surface area contributed by atoms with Crippen LogP contribution >= 0.6 is 0 Å². The molecule has 1 heterocycles. The first-order valence-corrected chi connectivity index (χ1v) is 10.3. The van der Waals surface area contributed by atoms with E-state index < -0.39 is 11.6 Å². The van der Waals surface area contributed by atoms with Crippen LogP contribution in [0.1, 0.15) is 43.9 Å². The lowest BCUT2D eigenvalue weighted by Gasteiger charge is -2.30. The highest BCUT2D eigenvalue weighted by Crippen LogP contribution is 2.45. The summed E-state index contributed by atoms with van der Waals surface area (Å²) in [6, 6.07) is 19.5. The van der Waals surface area contributed by atoms with Crippen LogP contribution < -0.4 is 0 Å². The summed E-state index contributed by atoms with van der Waals surface area (Å²) < 4.78 is 11.7. The number of aliphatic imine (C=N–C) groups is 1. The Hall–Kier alpha value is -3.14. The Morgan fingerprint density at radius 1 is 1.13 bits per heavy atom. The third-order valence-corrected chi connectivity index (χ3v) is 5.67. The van der Waals surface area contributed by atoms with Gasteiger partial charge in [-0.15, -0.1) is 0 Å². The molecule has 1 unspecified atom stereocenters. The lowest BCUT2D eigenvalue weighted by molar-refractivity contribution is -0.149. The molecule has 0 N–H and O–H groups in total. The number of methoxy groups -OCH3 is 1. The van der Waals surface area contributed by atoms with E-state index in [4.69, 9.17) is 14.5 Å². The van der Waals surface area contributed by atoms with Crippen LogP contribution in [0.4, 0.5) is 0 Å². The molecule has 0 saturated carbocycles. The maximum absolute atomic E-state index is 13.3. The van der Waals surface area contributed by atoms with Gasteiger partial charge in [-0.05, 0) is 42.5 Å². The molecule has 0 spiro atoms. The lowest BCUT2D eigenvalue weighted by Crippen LogP contribution is -2.42. The van der Waals surface area contributed by atoms with Crippen molar-refractivity contribution in [2.75, 3.05) is 7.11 Å². The monoisotopic (exact) mass is 401 g/mol. The van der Waals surface area contributed by atoms with E-state index in [1.807, 2.05) is 60.7 Å². The second-order valence-electron chi connectivity index (χ2n) is 8.20. The molecule has 0 aromatic heterocycles. The van der Waals surface area contributed by atoms with Crippen molar-refractivity contribution < 1.29 is 14.3 Å². The quantitative estimate of drug-likeness (QED) is 0.629. The van der Waals surface area contributed by atoms with Crippen molar-refractivity contribution >= 4 is 11.9 Å². The van der Waals surface area contributed by atoms with Crippen LogP contribution in [0.25, 0.3) is 0 Å². The molecule has 1 aliphatic heterocycles. The standard InChI is InChI=1S/C26H27NO3/c1-18-14-19(2)16-20(15-18)17-26(25(28)29-3)23(21-10-6-4-7-11-21)30-24(27-26)22-12-8-5-9-13-22/h4-13,15-16,18,23H,14,17H2,1-3H3/t18?,23-,26-/m0/s1. The van der Waals surface area contributed by atoms with Gasteiger partial charge in [-0.2, -0.15) is 0 Å². The zero-order valence-corrected chi connectivity index (χ0v) is 17.7. The number of esters is 1. The summed E-state index contributed by atoms with van der Waals surface area (Å²) in [5.41, 5.74) is 2.98. The highest BCUT2D eigenvalue weighted by atomic mass is 16.5. The molecule has 4 rings (SSSR count). The Kier molecular flexibility index (Phi) is 5.58. The molecule has 2 aromatic rings. The molecule has 0 radical (unpaired) electrons. The number of carbonyl (C=O) groups is 1. The van der Waals surface area contributed by atoms with Gasteiger partial charge in [-0.25, -0.2) is 9.79 Å². The van der Waals surface area contributed by atoms with Crippen molar-refractivity contribution in [3.05, 3.63) is 95.1 Å². The highest BCUT2D eigenvalue weighted by Gasteiger charge is 2.54. The minimum absolute atomic E-state index is 0.382. The van der Waals surface area contributed by atoms with Gasteiger partial charge < -0.3 is 9.47 Å². The summed E-state index contributed by atoms with van der Waals surface area (Å²) in [5, 5.41) is 0. The molecule has 3 atom stereocenters. The Bertz CT molecular complexity index is 1010. The largest absolute Gasteiger partial charge is 0.467 e. The van der Waals surface area contributed by atoms with E-state index in [0.717, 1.165) is 23.1 Å². The van der Waals surface area contributed by atoms with Crippen LogP contribution in [0.15, 0.2) is 89.0 Å². The molecule has 0 saturated heterocycles. The van der Waals surface area contributed by atoms with Crippen molar-refractivity contribution in [1.29, 1.82) is 0 Å². The van der Waals surface area contributed by atoms with Gasteiger partial charge in [0.25, 0.3) is 0 Å². The average Bonchev–Trinajstić information content (AvgIpc) is 3.14. The molecule has 2 aliphatic rings. The van der Waals surface area contributed by atoms with Crippen LogP contribution in [0.3, 0.4) is 0 Å². The van der Waals surface area contributed by atoms with E-state index in [0.29, 0.717) is 18.2 Å². The zero-order chi connectivity index (χ0) is 21.1. The molecular formula is C26H27NO3. The van der Waals surface area contributed by atoms with E-state index in [9.17, 15) is 4.79 Å². The fourth-order valence-electron chi connectivity index (χ4n) is 4.47. The van der Waals surface area contributed by atoms with E-state index in [2.05, 4.69) is 26.0 Å². The van der Waals surface area contributed by atoms with Crippen LogP contribution in [-0.2, 0) is 14.3 Å². The Labute approximate surface area is 177 Å². The van der Waals surface area contributed by atoms with Crippen LogP contribution in [0, 0.1) is 5.92 Å². The number of nitrogens with zero attached hydrogens (tertiary/aromatic N) is 1. The smallest absolute Gasteiger partial charge is 0.338 e. The fourth-order valence-corrected chi connectivity index (χ4v) is 4.47. The van der Waals surface area contributed by atoms with Crippen LogP contribution in [0.5, 0.6) is 0 Å². The molecule has 1 aliphatic carbocycles. The second-order valence-corrected chi connectivity index (χ2v) is 8.20. The molecule has 30 heavy (non-hydrogen) atoms. The Balaban J connectivity index is 1.84. The number of ether oxygens (including phenoxy) is 2. The number of hydrogen-bond donors (Lipinski definition) is 0. The number of carbonyl (C=O) groups excluding carboxylic acids is 1. The van der Waals surface area contributed by atoms with E-state index in [1.165, 1.54) is 12.7 Å². The molecule has 4 nitrogen and oxygen atoms in total. The summed E-state index contributed by atoms with van der Waals surface area (Å²) in [6.45, 7) is 4.33. The first-order chi connectivity index (χ1) is 14.5. The average molecular weight is 402 g/mol. The van der Waals surface area contributed by atoms with Gasteiger partial charge in [0.1, 0.15) is 0 Å². The molecule has 0 fully saturated rings. The third kappa shape index (κ3) is 3.82. The van der Waals surface area contributed by atoms with Crippen molar-refractivity contribution in [3.8, 4) is 0 Å². The summed E-state index contributed by atoms with van der Waals surface area (Å²) in [5.74, 6) is 0.516. The molecule has 2 aromatic carbocycles. The second kappa shape index (κ2) is 8.31. The van der Waals surface area contributed by atoms with Crippen molar-refractivity contribution in [2.24, 2.45) is 10.9 Å². The lowest BCUT2D eigenvalue weighted by atomic mass is 9.80. The molecule has 4 heteroatoms. The van der Waals surface area contributed by atoms with Gasteiger partial charge in [-0.3, -0.25) is 0 Å². The first-order valence-electron chi connectivity index (χ1n) is 10.3. The predicted octanol–water partition coefficient (Wildman–Crippen LogP) is 5.42. The molecule has 0 bridgehead atoms. The molecule has 154 valence electrons. The maximum Gasteiger partial charge on any atom is 0.338 e. The van der Waals surface area contributed by atoms with Gasteiger partial charge in [0, 0.05) is 12.0 Å². The van der Waals surface area contributed by atoms with Crippen molar-refractivity contribution in [3.63, 3.8) is 0 Å². The SMILES string of the molecule is COC(=O)[C@@]1(CC2=CC(C)CC(C)=C2)N=C(c2ccccc2)O[C@H]1c1ccccc1. The van der Waals surface area contributed by atoms with Gasteiger partial charge in [-0.1, -0.05) is 73.2 Å². The number of rotatable bonds is 5. The molecule has 0 amide bonds. The van der Waals surface area contributed by atoms with Gasteiger partial charge in [0.05, 0.1) is 7.11 Å². The molecular weight excluding hydrogens is 374 g/mol. The van der Waals surface area contributed by atoms with Gasteiger partial charge >= 0.3 is 5.97 Å². The summed E-state index contributed by atoms with van der Waals surface area (Å²) >= 11 is 0. The fraction of sp³-hybridized carbons (Fsp3) is 0.308. The van der Waals surface area contributed by atoms with Gasteiger partial charge in [0.15, 0.2) is 6.10 Å². The van der Waals surface area contributed by atoms with E-state index in [-0.39, 0.29) is 5.97 Å². The minimum Gasteiger partial charge on any atom is -0.467 e. The highest BCUT2D eigenvalue weighted by molar-refractivity contribution is 5.99. The Morgan fingerprint density at radius 3 is 2.43 bits per heavy atom. The van der Waals surface area contributed by atoms with E-state index in [1.54, 1.807) is 0 Å². The van der Waals surface area contributed by atoms with Crippen molar-refractivity contribution in [1.82, 2.24) is 0 Å².